The van der Waals surface area contributed by atoms with Crippen LogP contribution < -0.4 is 20.7 Å². The first kappa shape index (κ1) is 28.2. The first-order valence-corrected chi connectivity index (χ1v) is 13.1. The smallest absolute Gasteiger partial charge is 0.423 e. The summed E-state index contributed by atoms with van der Waals surface area (Å²) in [6.07, 6.45) is -0.439. The van der Waals surface area contributed by atoms with Gasteiger partial charge in [0.05, 0.1) is 11.0 Å². The van der Waals surface area contributed by atoms with Crippen molar-refractivity contribution in [3.8, 4) is 5.88 Å². The first-order chi connectivity index (χ1) is 18.5. The number of alkyl halides is 3. The van der Waals surface area contributed by atoms with Crippen molar-refractivity contribution in [1.82, 2.24) is 9.88 Å². The molecule has 2 amide bonds. The first-order valence-electron chi connectivity index (χ1n) is 13.1. The van der Waals surface area contributed by atoms with E-state index in [-0.39, 0.29) is 23.9 Å². The van der Waals surface area contributed by atoms with E-state index >= 15 is 0 Å². The minimum atomic E-state index is -4.82. The van der Waals surface area contributed by atoms with E-state index in [2.05, 4.69) is 22.1 Å². The van der Waals surface area contributed by atoms with Crippen molar-refractivity contribution in [1.29, 1.82) is 0 Å². The quantitative estimate of drug-likeness (QED) is 0.343. The normalized spacial score (nSPS) is 21.9. The highest BCUT2D eigenvalue weighted by Gasteiger charge is 2.38. The molecule has 0 bridgehead atoms. The number of primary amides is 1. The molecule has 1 aromatic carbocycles. The molecule has 1 saturated carbocycles. The van der Waals surface area contributed by atoms with Gasteiger partial charge in [-0.15, -0.1) is 0 Å². The topological polar surface area (TPSA) is 127 Å². The van der Waals surface area contributed by atoms with Crippen LogP contribution >= 0.6 is 0 Å². The Morgan fingerprint density at radius 3 is 2.59 bits per heavy atom. The molecule has 212 valence electrons. The van der Waals surface area contributed by atoms with Gasteiger partial charge in [-0.1, -0.05) is 19.4 Å². The van der Waals surface area contributed by atoms with Crippen molar-refractivity contribution in [3.05, 3.63) is 52.1 Å². The molecule has 13 heteroatoms. The van der Waals surface area contributed by atoms with Gasteiger partial charge in [0.25, 0.3) is 5.69 Å². The number of halogens is 3. The number of carbonyl (C=O) groups excluding carboxylic acids is 1. The van der Waals surface area contributed by atoms with Crippen LogP contribution in [0.4, 0.5) is 35.2 Å². The zero-order valence-electron chi connectivity index (χ0n) is 21.7. The lowest BCUT2D eigenvalue weighted by Crippen LogP contribution is -2.56. The third-order valence-corrected chi connectivity index (χ3v) is 7.25. The van der Waals surface area contributed by atoms with Crippen LogP contribution in [0.2, 0.25) is 0 Å². The standard InChI is InChI=1S/C26H33F3N6O4/c1-2-4-19-16-33(13-14-34(19)25(30)36)23-5-3-6-24(32-23)39-20-10-7-17(8-11-20)31-18-9-12-22(35(37)38)21(15-18)26(27,28)29/h3,5-6,9,12,15,17,19-20,31H,2,4,7-8,10-11,13-14,16H2,1H3,(H2,30,36)/t17?,19-,20?/m1/s1. The van der Waals surface area contributed by atoms with Crippen LogP contribution in [0.5, 0.6) is 5.88 Å². The van der Waals surface area contributed by atoms with Gasteiger partial charge in [0.2, 0.25) is 5.88 Å². The molecular weight excluding hydrogens is 517 g/mol. The molecule has 1 aliphatic heterocycles. The highest BCUT2D eigenvalue weighted by molar-refractivity contribution is 5.73. The van der Waals surface area contributed by atoms with Crippen molar-refractivity contribution >= 4 is 23.2 Å². The summed E-state index contributed by atoms with van der Waals surface area (Å²) in [6.45, 7) is 3.86. The Morgan fingerprint density at radius 2 is 1.95 bits per heavy atom. The maximum Gasteiger partial charge on any atom is 0.423 e. The Kier molecular flexibility index (Phi) is 8.66. The van der Waals surface area contributed by atoms with Crippen LogP contribution in [-0.2, 0) is 6.18 Å². The van der Waals surface area contributed by atoms with E-state index in [0.717, 1.165) is 30.8 Å². The van der Waals surface area contributed by atoms with Gasteiger partial charge in [-0.05, 0) is 50.3 Å². The third-order valence-electron chi connectivity index (χ3n) is 7.25. The van der Waals surface area contributed by atoms with E-state index < -0.39 is 28.4 Å². The fraction of sp³-hybridized carbons (Fsp3) is 0.538. The number of nitro benzene ring substituents is 1. The zero-order valence-corrected chi connectivity index (χ0v) is 21.7. The van der Waals surface area contributed by atoms with Crippen LogP contribution in [0, 0.1) is 10.1 Å². The van der Waals surface area contributed by atoms with Gasteiger partial charge in [-0.2, -0.15) is 18.2 Å². The number of ether oxygens (including phenoxy) is 1. The van der Waals surface area contributed by atoms with Crippen molar-refractivity contribution in [2.24, 2.45) is 5.73 Å². The molecule has 0 spiro atoms. The van der Waals surface area contributed by atoms with Crippen LogP contribution in [0.15, 0.2) is 36.4 Å². The number of hydrogen-bond acceptors (Lipinski definition) is 7. The van der Waals surface area contributed by atoms with Gasteiger partial charge in [-0.25, -0.2) is 4.79 Å². The number of rotatable bonds is 8. The second-order valence-corrected chi connectivity index (χ2v) is 9.98. The van der Waals surface area contributed by atoms with Gasteiger partial charge < -0.3 is 25.6 Å². The van der Waals surface area contributed by atoms with Gasteiger partial charge >= 0.3 is 12.2 Å². The minimum absolute atomic E-state index is 0.0263. The van der Waals surface area contributed by atoms with Gasteiger partial charge in [0.15, 0.2) is 0 Å². The number of anilines is 2. The molecule has 1 saturated heterocycles. The number of hydrogen-bond donors (Lipinski definition) is 2. The summed E-state index contributed by atoms with van der Waals surface area (Å²) in [5, 5.41) is 14.1. The molecular formula is C26H33F3N6O4. The van der Waals surface area contributed by atoms with Crippen LogP contribution in [0.25, 0.3) is 0 Å². The Hall–Kier alpha value is -3.77. The number of piperazine rings is 1. The number of nitrogens with zero attached hydrogens (tertiary/aromatic N) is 4. The Bertz CT molecular complexity index is 1170. The lowest BCUT2D eigenvalue weighted by atomic mass is 9.92. The highest BCUT2D eigenvalue weighted by Crippen LogP contribution is 2.38. The predicted molar refractivity (Wildman–Crippen MR) is 140 cm³/mol. The zero-order chi connectivity index (χ0) is 28.2. The Morgan fingerprint density at radius 1 is 1.21 bits per heavy atom. The van der Waals surface area contributed by atoms with Crippen molar-refractivity contribution in [3.63, 3.8) is 0 Å². The molecule has 0 unspecified atom stereocenters. The second-order valence-electron chi connectivity index (χ2n) is 9.98. The molecule has 2 fully saturated rings. The molecule has 1 atom stereocenters. The largest absolute Gasteiger partial charge is 0.474 e. The molecule has 1 aliphatic carbocycles. The SMILES string of the molecule is CCC[C@@H]1CN(c2cccc(OC3CCC(Nc4ccc([N+](=O)[O-])c(C(F)(F)F)c4)CC3)n2)CCN1C(N)=O. The second kappa shape index (κ2) is 12.0. The molecule has 10 nitrogen and oxygen atoms in total. The summed E-state index contributed by atoms with van der Waals surface area (Å²) in [5.74, 6) is 1.27. The number of amides is 2. The van der Waals surface area contributed by atoms with Crippen LogP contribution in [-0.4, -0.2) is 58.7 Å². The van der Waals surface area contributed by atoms with Crippen molar-refractivity contribution in [2.75, 3.05) is 29.9 Å². The average Bonchev–Trinajstić information content (AvgIpc) is 2.89. The summed E-state index contributed by atoms with van der Waals surface area (Å²) in [6, 6.07) is 8.12. The monoisotopic (exact) mass is 550 g/mol. The number of pyridine rings is 1. The fourth-order valence-corrected chi connectivity index (χ4v) is 5.32. The van der Waals surface area contributed by atoms with Crippen LogP contribution in [0.3, 0.4) is 0 Å². The molecule has 39 heavy (non-hydrogen) atoms. The van der Waals surface area contributed by atoms with Crippen molar-refractivity contribution in [2.45, 2.75) is 69.8 Å². The van der Waals surface area contributed by atoms with E-state index in [1.165, 1.54) is 6.07 Å². The lowest BCUT2D eigenvalue weighted by molar-refractivity contribution is -0.388. The van der Waals surface area contributed by atoms with Gasteiger partial charge in [0.1, 0.15) is 17.5 Å². The molecule has 2 heterocycles. The van der Waals surface area contributed by atoms with E-state index in [1.807, 2.05) is 12.1 Å². The molecule has 2 aliphatic rings. The van der Waals surface area contributed by atoms with Gasteiger partial charge in [0, 0.05) is 43.5 Å². The number of nitrogens with two attached hydrogens (primary N) is 1. The number of nitro groups is 1. The van der Waals surface area contributed by atoms with E-state index in [1.54, 1.807) is 11.0 Å². The molecule has 0 radical (unpaired) electrons. The average molecular weight is 551 g/mol. The van der Waals surface area contributed by atoms with Crippen LogP contribution in [0.1, 0.15) is 51.0 Å². The third kappa shape index (κ3) is 7.01. The number of benzene rings is 1. The maximum absolute atomic E-state index is 13.3. The molecule has 2 aromatic rings. The number of carbonyl (C=O) groups is 1. The minimum Gasteiger partial charge on any atom is -0.474 e. The van der Waals surface area contributed by atoms with Gasteiger partial charge in [-0.3, -0.25) is 10.1 Å². The molecule has 1 aromatic heterocycles. The predicted octanol–water partition coefficient (Wildman–Crippen LogP) is 5.18. The van der Waals surface area contributed by atoms with E-state index in [4.69, 9.17) is 10.5 Å². The van der Waals surface area contributed by atoms with E-state index in [0.29, 0.717) is 51.2 Å². The summed E-state index contributed by atoms with van der Waals surface area (Å²) in [7, 11) is 0. The Balaban J connectivity index is 1.33. The lowest BCUT2D eigenvalue weighted by Gasteiger charge is -2.41. The summed E-state index contributed by atoms with van der Waals surface area (Å²) in [5.41, 5.74) is 3.52. The Labute approximate surface area is 224 Å². The molecule has 4 rings (SSSR count). The number of aromatic nitrogens is 1. The fourth-order valence-electron chi connectivity index (χ4n) is 5.32. The number of nitrogens with one attached hydrogen (secondary N) is 1. The van der Waals surface area contributed by atoms with E-state index in [9.17, 15) is 28.1 Å². The summed E-state index contributed by atoms with van der Waals surface area (Å²) in [4.78, 5) is 30.3. The van der Waals surface area contributed by atoms with Crippen molar-refractivity contribution < 1.29 is 27.6 Å². The number of urea groups is 1. The summed E-state index contributed by atoms with van der Waals surface area (Å²) >= 11 is 0. The molecule has 3 N–H and O–H groups in total. The maximum atomic E-state index is 13.3. The summed E-state index contributed by atoms with van der Waals surface area (Å²) < 4.78 is 46.0. The highest BCUT2D eigenvalue weighted by atomic mass is 19.4.